The molecular weight excluding hydrogens is 405 g/mol. The van der Waals surface area contributed by atoms with E-state index < -0.39 is 0 Å². The van der Waals surface area contributed by atoms with E-state index in [1.807, 2.05) is 42.0 Å². The van der Waals surface area contributed by atoms with Gasteiger partial charge in [0.05, 0.1) is 18.3 Å². The number of hydrogen-bond donors (Lipinski definition) is 1. The molecule has 6 nitrogen and oxygen atoms in total. The van der Waals surface area contributed by atoms with Crippen molar-refractivity contribution >= 4 is 27.5 Å². The predicted molar refractivity (Wildman–Crippen MR) is 124 cm³/mol. The fourth-order valence-corrected chi connectivity index (χ4v) is 4.06. The molecule has 0 amide bonds. The Morgan fingerprint density at radius 1 is 1.03 bits per heavy atom. The molecule has 1 N–H and O–H groups in total. The summed E-state index contributed by atoms with van der Waals surface area (Å²) in [5.74, 6) is 1.12. The fraction of sp³-hybridized carbons (Fsp3) is 0.160. The molecule has 160 valence electrons. The van der Waals surface area contributed by atoms with Crippen LogP contribution in [0.15, 0.2) is 67.3 Å². The summed E-state index contributed by atoms with van der Waals surface area (Å²) in [5.41, 5.74) is 3.35. The van der Waals surface area contributed by atoms with Gasteiger partial charge in [0, 0.05) is 53.6 Å². The molecule has 0 saturated heterocycles. The third kappa shape index (κ3) is 3.62. The number of ether oxygens (including phenoxy) is 1. The minimum Gasteiger partial charge on any atom is -0.496 e. The number of methoxy groups -OCH3 is 1. The van der Waals surface area contributed by atoms with Crippen LogP contribution in [0.1, 0.15) is 5.69 Å². The first kappa shape index (κ1) is 19.9. The maximum atomic E-state index is 14.6. The van der Waals surface area contributed by atoms with Crippen LogP contribution < -0.4 is 10.1 Å². The highest BCUT2D eigenvalue weighted by molar-refractivity contribution is 5.88. The van der Waals surface area contributed by atoms with Gasteiger partial charge in [-0.2, -0.15) is 0 Å². The maximum absolute atomic E-state index is 14.6. The molecule has 0 spiro atoms. The van der Waals surface area contributed by atoms with Gasteiger partial charge in [-0.15, -0.1) is 0 Å². The lowest BCUT2D eigenvalue weighted by molar-refractivity contribution is 0.419. The van der Waals surface area contributed by atoms with E-state index in [0.717, 1.165) is 33.1 Å². The highest BCUT2D eigenvalue weighted by Crippen LogP contribution is 2.31. The molecule has 32 heavy (non-hydrogen) atoms. The van der Waals surface area contributed by atoms with Crippen LogP contribution in [-0.4, -0.2) is 33.2 Å². The number of rotatable bonds is 6. The van der Waals surface area contributed by atoms with Crippen LogP contribution in [0.3, 0.4) is 0 Å². The van der Waals surface area contributed by atoms with Gasteiger partial charge in [-0.05, 0) is 42.6 Å². The molecule has 0 atom stereocenters. The van der Waals surface area contributed by atoms with Gasteiger partial charge in [0.25, 0.3) is 0 Å². The molecule has 0 bridgehead atoms. The van der Waals surface area contributed by atoms with Crippen molar-refractivity contribution in [3.8, 4) is 17.0 Å². The van der Waals surface area contributed by atoms with E-state index in [2.05, 4.69) is 32.4 Å². The van der Waals surface area contributed by atoms with Crippen LogP contribution in [0.4, 0.5) is 10.2 Å². The Morgan fingerprint density at radius 2 is 1.94 bits per heavy atom. The monoisotopic (exact) mass is 427 g/mol. The van der Waals surface area contributed by atoms with Gasteiger partial charge in [0.1, 0.15) is 23.7 Å². The molecule has 0 radical (unpaired) electrons. The third-order valence-electron chi connectivity index (χ3n) is 5.64. The molecule has 5 aromatic rings. The second-order valence-corrected chi connectivity index (χ2v) is 7.60. The summed E-state index contributed by atoms with van der Waals surface area (Å²) in [5, 5.41) is 6.30. The van der Waals surface area contributed by atoms with Crippen molar-refractivity contribution in [2.75, 3.05) is 19.0 Å². The molecule has 0 aliphatic carbocycles. The second kappa shape index (κ2) is 8.26. The minimum absolute atomic E-state index is 0.260. The first-order valence-corrected chi connectivity index (χ1v) is 10.4. The molecule has 0 aliphatic heterocycles. The van der Waals surface area contributed by atoms with Gasteiger partial charge in [0.2, 0.25) is 0 Å². The predicted octanol–water partition coefficient (Wildman–Crippen LogP) is 5.21. The molecule has 0 unspecified atom stereocenters. The van der Waals surface area contributed by atoms with Crippen LogP contribution in [-0.2, 0) is 6.54 Å². The lowest BCUT2D eigenvalue weighted by Crippen LogP contribution is -2.13. The van der Waals surface area contributed by atoms with Crippen LogP contribution in [0, 0.1) is 12.7 Å². The molecule has 0 fully saturated rings. The summed E-state index contributed by atoms with van der Waals surface area (Å²) in [6.07, 6.45) is 5.18. The van der Waals surface area contributed by atoms with E-state index in [1.165, 1.54) is 6.07 Å². The zero-order valence-electron chi connectivity index (χ0n) is 17.8. The smallest absolute Gasteiger partial charge is 0.147 e. The van der Waals surface area contributed by atoms with Gasteiger partial charge < -0.3 is 14.6 Å². The zero-order chi connectivity index (χ0) is 22.1. The first-order chi connectivity index (χ1) is 15.6. The number of halogens is 1. The van der Waals surface area contributed by atoms with Crippen molar-refractivity contribution in [1.82, 2.24) is 19.5 Å². The largest absolute Gasteiger partial charge is 0.496 e. The Kier molecular flexibility index (Phi) is 5.15. The highest BCUT2D eigenvalue weighted by atomic mass is 19.1. The van der Waals surface area contributed by atoms with Crippen molar-refractivity contribution in [2.24, 2.45) is 0 Å². The van der Waals surface area contributed by atoms with Crippen molar-refractivity contribution in [3.63, 3.8) is 0 Å². The minimum atomic E-state index is -0.260. The van der Waals surface area contributed by atoms with E-state index in [-0.39, 0.29) is 5.82 Å². The SMILES string of the molecule is COc1ccc(F)c2c1cc(C)n2CCNc1cc(-c2ccc3ccncc3c2)ncn1. The Hall–Kier alpha value is -4.00. The van der Waals surface area contributed by atoms with Crippen molar-refractivity contribution in [1.29, 1.82) is 0 Å². The average Bonchev–Trinajstić information content (AvgIpc) is 3.16. The van der Waals surface area contributed by atoms with Crippen LogP contribution >= 0.6 is 0 Å². The number of nitrogens with one attached hydrogen (secondary N) is 1. The van der Waals surface area contributed by atoms with Gasteiger partial charge in [-0.3, -0.25) is 4.98 Å². The van der Waals surface area contributed by atoms with Gasteiger partial charge in [-0.25, -0.2) is 14.4 Å². The quantitative estimate of drug-likeness (QED) is 0.403. The van der Waals surface area contributed by atoms with Crippen molar-refractivity contribution in [2.45, 2.75) is 13.5 Å². The Balaban J connectivity index is 1.36. The molecular formula is C25H22FN5O. The van der Waals surface area contributed by atoms with E-state index in [9.17, 15) is 4.39 Å². The zero-order valence-corrected chi connectivity index (χ0v) is 17.8. The molecule has 3 aromatic heterocycles. The van der Waals surface area contributed by atoms with Crippen LogP contribution in [0.2, 0.25) is 0 Å². The summed E-state index contributed by atoms with van der Waals surface area (Å²) in [4.78, 5) is 13.0. The first-order valence-electron chi connectivity index (χ1n) is 10.4. The number of nitrogens with zero attached hydrogens (tertiary/aromatic N) is 4. The number of aromatic nitrogens is 4. The summed E-state index contributed by atoms with van der Waals surface area (Å²) in [6.45, 7) is 3.13. The van der Waals surface area contributed by atoms with Crippen LogP contribution in [0.5, 0.6) is 5.75 Å². The molecule has 3 heterocycles. The number of hydrogen-bond acceptors (Lipinski definition) is 5. The van der Waals surface area contributed by atoms with Crippen LogP contribution in [0.25, 0.3) is 32.9 Å². The number of anilines is 1. The topological polar surface area (TPSA) is 64.9 Å². The number of benzene rings is 2. The molecule has 0 saturated carbocycles. The number of aryl methyl sites for hydroxylation is 1. The van der Waals surface area contributed by atoms with Gasteiger partial charge >= 0.3 is 0 Å². The third-order valence-corrected chi connectivity index (χ3v) is 5.64. The Labute approximate surface area is 184 Å². The Bertz CT molecular complexity index is 1430. The maximum Gasteiger partial charge on any atom is 0.147 e. The normalized spacial score (nSPS) is 11.2. The molecule has 2 aromatic carbocycles. The van der Waals surface area contributed by atoms with E-state index in [0.29, 0.717) is 30.2 Å². The van der Waals surface area contributed by atoms with Gasteiger partial charge in [0.15, 0.2) is 0 Å². The van der Waals surface area contributed by atoms with E-state index in [4.69, 9.17) is 4.74 Å². The van der Waals surface area contributed by atoms with Crippen molar-refractivity contribution in [3.05, 3.63) is 78.8 Å². The highest BCUT2D eigenvalue weighted by Gasteiger charge is 2.14. The summed E-state index contributed by atoms with van der Waals surface area (Å²) in [6, 6.07) is 15.1. The summed E-state index contributed by atoms with van der Waals surface area (Å²) >= 11 is 0. The summed E-state index contributed by atoms with van der Waals surface area (Å²) in [7, 11) is 1.60. The fourth-order valence-electron chi connectivity index (χ4n) is 4.06. The lowest BCUT2D eigenvalue weighted by Gasteiger charge is -2.12. The lowest BCUT2D eigenvalue weighted by atomic mass is 10.1. The molecule has 0 aliphatic rings. The average molecular weight is 427 g/mol. The molecule has 7 heteroatoms. The summed E-state index contributed by atoms with van der Waals surface area (Å²) < 4.78 is 21.9. The van der Waals surface area contributed by atoms with Crippen molar-refractivity contribution < 1.29 is 9.13 Å². The van der Waals surface area contributed by atoms with E-state index in [1.54, 1.807) is 25.7 Å². The standard InChI is InChI=1S/C25H22FN5O/c1-16-11-20-23(32-2)6-5-21(26)25(20)31(16)10-9-28-24-13-22(29-15-30-24)18-4-3-17-7-8-27-14-19(17)12-18/h3-8,11-15H,9-10H2,1-2H3,(H,28,29,30). The van der Waals surface area contributed by atoms with E-state index >= 15 is 0 Å². The number of fused-ring (bicyclic) bond motifs is 2. The van der Waals surface area contributed by atoms with Gasteiger partial charge in [-0.1, -0.05) is 12.1 Å². The number of pyridine rings is 1. The molecule has 5 rings (SSSR count). The second-order valence-electron chi connectivity index (χ2n) is 7.60. The Morgan fingerprint density at radius 3 is 2.81 bits per heavy atom.